The summed E-state index contributed by atoms with van der Waals surface area (Å²) in [5.41, 5.74) is 6.67. The van der Waals surface area contributed by atoms with Gasteiger partial charge in [0.05, 0.1) is 12.8 Å². The summed E-state index contributed by atoms with van der Waals surface area (Å²) in [6.45, 7) is 1.78. The Hall–Kier alpha value is -2.41. The van der Waals surface area contributed by atoms with Crippen LogP contribution in [0.3, 0.4) is 0 Å². The Morgan fingerprint density at radius 3 is 2.52 bits per heavy atom. The molecule has 0 bridgehead atoms. The first-order chi connectivity index (χ1) is 9.83. The van der Waals surface area contributed by atoms with Gasteiger partial charge in [0.15, 0.2) is 0 Å². The fraction of sp³-hybridized carbons (Fsp3) is 0.143. The topological polar surface area (TPSA) is 102 Å². The SMILES string of the molecule is COc1ccc(C)cc1S(=O)(=O)Nc1ccc(N)cc1O. The van der Waals surface area contributed by atoms with E-state index >= 15 is 0 Å². The summed E-state index contributed by atoms with van der Waals surface area (Å²) in [6.07, 6.45) is 0. The molecule has 0 heterocycles. The van der Waals surface area contributed by atoms with Crippen molar-refractivity contribution in [3.05, 3.63) is 42.0 Å². The number of phenols is 1. The molecule has 0 aliphatic carbocycles. The fourth-order valence-corrected chi connectivity index (χ4v) is 3.16. The first-order valence-electron chi connectivity index (χ1n) is 6.09. The molecule has 0 saturated heterocycles. The zero-order valence-corrected chi connectivity index (χ0v) is 12.4. The van der Waals surface area contributed by atoms with Crippen LogP contribution in [-0.4, -0.2) is 20.6 Å². The second kappa shape index (κ2) is 5.53. The third-order valence-electron chi connectivity index (χ3n) is 2.87. The van der Waals surface area contributed by atoms with Crippen LogP contribution in [-0.2, 0) is 10.0 Å². The first kappa shape index (κ1) is 15.0. The van der Waals surface area contributed by atoms with Gasteiger partial charge in [-0.3, -0.25) is 4.72 Å². The van der Waals surface area contributed by atoms with E-state index in [1.165, 1.54) is 31.4 Å². The lowest BCUT2D eigenvalue weighted by Gasteiger charge is -2.13. The third kappa shape index (κ3) is 3.19. The highest BCUT2D eigenvalue weighted by Crippen LogP contribution is 2.31. The van der Waals surface area contributed by atoms with Gasteiger partial charge in [-0.1, -0.05) is 6.07 Å². The van der Waals surface area contributed by atoms with Gasteiger partial charge in [-0.2, -0.15) is 0 Å². The Morgan fingerprint density at radius 2 is 1.90 bits per heavy atom. The maximum Gasteiger partial charge on any atom is 0.265 e. The molecule has 0 unspecified atom stereocenters. The summed E-state index contributed by atoms with van der Waals surface area (Å²) in [5, 5.41) is 9.74. The van der Waals surface area contributed by atoms with Gasteiger partial charge in [0, 0.05) is 11.8 Å². The Labute approximate surface area is 123 Å². The minimum absolute atomic E-state index is 0.00113. The van der Waals surface area contributed by atoms with Gasteiger partial charge in [0.25, 0.3) is 10.0 Å². The average Bonchev–Trinajstić information content (AvgIpc) is 2.42. The molecular formula is C14H16N2O4S. The van der Waals surface area contributed by atoms with Crippen molar-refractivity contribution in [3.8, 4) is 11.5 Å². The number of nitrogen functional groups attached to an aromatic ring is 1. The third-order valence-corrected chi connectivity index (χ3v) is 4.26. The van der Waals surface area contributed by atoms with Crippen LogP contribution in [0.4, 0.5) is 11.4 Å². The first-order valence-corrected chi connectivity index (χ1v) is 7.58. The van der Waals surface area contributed by atoms with Crippen molar-refractivity contribution < 1.29 is 18.3 Å². The number of aryl methyl sites for hydroxylation is 1. The molecule has 0 amide bonds. The smallest absolute Gasteiger partial charge is 0.265 e. The molecule has 0 aliphatic heterocycles. The molecule has 112 valence electrons. The molecule has 0 atom stereocenters. The molecule has 2 aromatic rings. The van der Waals surface area contributed by atoms with E-state index in [-0.39, 0.29) is 22.1 Å². The van der Waals surface area contributed by atoms with Crippen LogP contribution in [0.1, 0.15) is 5.56 Å². The van der Waals surface area contributed by atoms with Crippen molar-refractivity contribution in [1.29, 1.82) is 0 Å². The second-order valence-electron chi connectivity index (χ2n) is 4.54. The van der Waals surface area contributed by atoms with E-state index in [9.17, 15) is 13.5 Å². The molecule has 6 nitrogen and oxygen atoms in total. The maximum absolute atomic E-state index is 12.4. The Morgan fingerprint density at radius 1 is 1.19 bits per heavy atom. The van der Waals surface area contributed by atoms with E-state index < -0.39 is 10.0 Å². The minimum atomic E-state index is -3.89. The van der Waals surface area contributed by atoms with Crippen LogP contribution in [0.15, 0.2) is 41.3 Å². The van der Waals surface area contributed by atoms with E-state index in [2.05, 4.69) is 4.72 Å². The largest absolute Gasteiger partial charge is 0.506 e. The van der Waals surface area contributed by atoms with Gasteiger partial charge in [-0.25, -0.2) is 8.42 Å². The monoisotopic (exact) mass is 308 g/mol. The van der Waals surface area contributed by atoms with Crippen molar-refractivity contribution in [2.75, 3.05) is 17.6 Å². The van der Waals surface area contributed by atoms with E-state index in [0.29, 0.717) is 5.69 Å². The number of hydrogen-bond donors (Lipinski definition) is 3. The second-order valence-corrected chi connectivity index (χ2v) is 6.19. The average molecular weight is 308 g/mol. The van der Waals surface area contributed by atoms with Crippen LogP contribution >= 0.6 is 0 Å². The van der Waals surface area contributed by atoms with Crippen LogP contribution in [0.5, 0.6) is 11.5 Å². The minimum Gasteiger partial charge on any atom is -0.506 e. The Kier molecular flexibility index (Phi) is 3.95. The lowest BCUT2D eigenvalue weighted by atomic mass is 10.2. The molecule has 0 aliphatic rings. The quantitative estimate of drug-likeness (QED) is 0.593. The number of benzene rings is 2. The van der Waals surface area contributed by atoms with Gasteiger partial charge in [-0.15, -0.1) is 0 Å². The van der Waals surface area contributed by atoms with Gasteiger partial charge in [0.1, 0.15) is 16.4 Å². The van der Waals surface area contributed by atoms with E-state index in [0.717, 1.165) is 5.56 Å². The molecular weight excluding hydrogens is 292 g/mol. The highest BCUT2D eigenvalue weighted by atomic mass is 32.2. The summed E-state index contributed by atoms with van der Waals surface area (Å²) in [7, 11) is -2.50. The number of phenolic OH excluding ortho intramolecular Hbond substituents is 1. The van der Waals surface area contributed by atoms with Crippen LogP contribution < -0.4 is 15.2 Å². The van der Waals surface area contributed by atoms with E-state index in [1.54, 1.807) is 19.1 Å². The van der Waals surface area contributed by atoms with Crippen molar-refractivity contribution in [2.24, 2.45) is 0 Å². The molecule has 0 spiro atoms. The summed E-state index contributed by atoms with van der Waals surface area (Å²) in [6, 6.07) is 8.97. The maximum atomic E-state index is 12.4. The number of methoxy groups -OCH3 is 1. The molecule has 0 fully saturated rings. The number of hydrogen-bond acceptors (Lipinski definition) is 5. The number of ether oxygens (including phenoxy) is 1. The van der Waals surface area contributed by atoms with Crippen LogP contribution in [0.2, 0.25) is 0 Å². The molecule has 0 saturated carbocycles. The van der Waals surface area contributed by atoms with Gasteiger partial charge >= 0.3 is 0 Å². The Balaban J connectivity index is 2.45. The highest BCUT2D eigenvalue weighted by molar-refractivity contribution is 7.92. The van der Waals surface area contributed by atoms with Crippen LogP contribution in [0, 0.1) is 6.92 Å². The standard InChI is InChI=1S/C14H16N2O4S/c1-9-3-6-13(20-2)14(7-9)21(18,19)16-11-5-4-10(15)8-12(11)17/h3-8,16-17H,15H2,1-2H3. The number of nitrogens with two attached hydrogens (primary N) is 1. The number of aromatic hydroxyl groups is 1. The Bertz CT molecular complexity index is 773. The van der Waals surface area contributed by atoms with Crippen LogP contribution in [0.25, 0.3) is 0 Å². The molecule has 2 aromatic carbocycles. The number of sulfonamides is 1. The molecule has 2 rings (SSSR count). The van der Waals surface area contributed by atoms with Gasteiger partial charge in [0.2, 0.25) is 0 Å². The van der Waals surface area contributed by atoms with Crippen molar-refractivity contribution >= 4 is 21.4 Å². The zero-order valence-electron chi connectivity index (χ0n) is 11.6. The summed E-state index contributed by atoms with van der Waals surface area (Å²) in [4.78, 5) is 0.00113. The lowest BCUT2D eigenvalue weighted by Crippen LogP contribution is -2.14. The number of anilines is 2. The number of nitrogens with one attached hydrogen (secondary N) is 1. The molecule has 0 radical (unpaired) electrons. The normalized spacial score (nSPS) is 11.1. The highest BCUT2D eigenvalue weighted by Gasteiger charge is 2.21. The summed E-state index contributed by atoms with van der Waals surface area (Å²) >= 11 is 0. The fourth-order valence-electron chi connectivity index (χ4n) is 1.83. The van der Waals surface area contributed by atoms with E-state index in [1.807, 2.05) is 0 Å². The summed E-state index contributed by atoms with van der Waals surface area (Å²) < 4.78 is 32.3. The predicted molar refractivity (Wildman–Crippen MR) is 81.1 cm³/mol. The van der Waals surface area contributed by atoms with Crippen molar-refractivity contribution in [1.82, 2.24) is 0 Å². The predicted octanol–water partition coefficient (Wildman–Crippen LogP) is 2.09. The molecule has 21 heavy (non-hydrogen) atoms. The van der Waals surface area contributed by atoms with E-state index in [4.69, 9.17) is 10.5 Å². The van der Waals surface area contributed by atoms with Gasteiger partial charge < -0.3 is 15.6 Å². The number of rotatable bonds is 4. The molecule has 7 heteroatoms. The zero-order chi connectivity index (χ0) is 15.6. The van der Waals surface area contributed by atoms with Gasteiger partial charge in [-0.05, 0) is 36.8 Å². The van der Waals surface area contributed by atoms with Crippen molar-refractivity contribution in [2.45, 2.75) is 11.8 Å². The molecule has 4 N–H and O–H groups in total. The molecule has 0 aromatic heterocycles. The summed E-state index contributed by atoms with van der Waals surface area (Å²) in [5.74, 6) is -0.0202. The van der Waals surface area contributed by atoms with Crippen molar-refractivity contribution in [3.63, 3.8) is 0 Å². The lowest BCUT2D eigenvalue weighted by molar-refractivity contribution is 0.402.